The maximum Gasteiger partial charge on any atom is 0.315 e. The van der Waals surface area contributed by atoms with E-state index in [1.54, 1.807) is 18.2 Å². The Balaban J connectivity index is 3.15. The van der Waals surface area contributed by atoms with Crippen LogP contribution in [0.1, 0.15) is 18.4 Å². The van der Waals surface area contributed by atoms with Gasteiger partial charge < -0.3 is 14.6 Å². The van der Waals surface area contributed by atoms with Gasteiger partial charge in [-0.2, -0.15) is 0 Å². The molecule has 0 aliphatic carbocycles. The number of hydrogen-bond acceptors (Lipinski definition) is 6. The van der Waals surface area contributed by atoms with Gasteiger partial charge in [-0.3, -0.25) is 14.9 Å². The molecule has 1 aromatic rings. The number of carboxylic acids is 1. The molecule has 2 unspecified atom stereocenters. The molecule has 1 rings (SSSR count). The van der Waals surface area contributed by atoms with E-state index in [1.165, 1.54) is 19.1 Å². The average Bonchev–Trinajstić information content (AvgIpc) is 2.38. The normalized spacial score (nSPS) is 13.2. The van der Waals surface area contributed by atoms with Crippen molar-refractivity contribution in [3.63, 3.8) is 0 Å². The third-order valence-corrected chi connectivity index (χ3v) is 2.77. The summed E-state index contributed by atoms with van der Waals surface area (Å²) in [5.41, 5.74) is 0.381. The Hall–Kier alpha value is -2.44. The van der Waals surface area contributed by atoms with Crippen LogP contribution in [0.3, 0.4) is 0 Å². The molecular weight excluding hydrogens is 266 g/mol. The quantitative estimate of drug-likeness (QED) is 0.300. The van der Waals surface area contributed by atoms with E-state index in [2.05, 4.69) is 4.74 Å². The lowest BCUT2D eigenvalue weighted by Gasteiger charge is -2.23. The van der Waals surface area contributed by atoms with Gasteiger partial charge in [0, 0.05) is 4.92 Å². The summed E-state index contributed by atoms with van der Waals surface area (Å²) < 4.78 is 4.67. The lowest BCUT2D eigenvalue weighted by atomic mass is 9.86. The summed E-state index contributed by atoms with van der Waals surface area (Å²) in [6, 6.07) is 7.97. The van der Waals surface area contributed by atoms with Gasteiger partial charge in [0.25, 0.3) is 0 Å². The fraction of sp³-hybridized carbons (Fsp3) is 0.385. The second-order valence-electron chi connectivity index (χ2n) is 4.08. The molecule has 7 heteroatoms. The summed E-state index contributed by atoms with van der Waals surface area (Å²) in [6.45, 7) is 0.819. The summed E-state index contributed by atoms with van der Waals surface area (Å²) in [5, 5.41) is 21.9. The Labute approximate surface area is 115 Å². The molecule has 0 bridgehead atoms. The van der Waals surface area contributed by atoms with Gasteiger partial charge in [0.1, 0.15) is 5.92 Å². The van der Waals surface area contributed by atoms with E-state index >= 15 is 0 Å². The van der Waals surface area contributed by atoms with Gasteiger partial charge in [0.2, 0.25) is 6.54 Å². The van der Waals surface area contributed by atoms with Crippen molar-refractivity contribution in [2.24, 2.45) is 5.92 Å². The molecule has 0 N–H and O–H groups in total. The predicted molar refractivity (Wildman–Crippen MR) is 66.2 cm³/mol. The second-order valence-corrected chi connectivity index (χ2v) is 4.08. The number of aliphatic carboxylic acids is 1. The van der Waals surface area contributed by atoms with Gasteiger partial charge in [-0.25, -0.2) is 0 Å². The Morgan fingerprint density at radius 3 is 2.35 bits per heavy atom. The van der Waals surface area contributed by atoms with E-state index < -0.39 is 35.2 Å². The fourth-order valence-corrected chi connectivity index (χ4v) is 1.92. The van der Waals surface area contributed by atoms with Crippen LogP contribution in [0.4, 0.5) is 0 Å². The van der Waals surface area contributed by atoms with Crippen LogP contribution >= 0.6 is 0 Å². The average molecular weight is 280 g/mol. The van der Waals surface area contributed by atoms with Gasteiger partial charge >= 0.3 is 5.97 Å². The summed E-state index contributed by atoms with van der Waals surface area (Å²) >= 11 is 0. The molecular formula is C13H14NO6-. The molecule has 0 radical (unpaired) electrons. The summed E-state index contributed by atoms with van der Waals surface area (Å²) in [4.78, 5) is 33.0. The first kappa shape index (κ1) is 15.6. The van der Waals surface area contributed by atoms with Crippen LogP contribution in [0.25, 0.3) is 0 Å². The SMILES string of the molecule is CCOC(=O)C(C(=O)[O-])C(C[N+](=O)[O-])c1ccccc1. The number of carbonyl (C=O) groups excluding carboxylic acids is 2. The molecule has 7 nitrogen and oxygen atoms in total. The fourth-order valence-electron chi connectivity index (χ4n) is 1.92. The van der Waals surface area contributed by atoms with Crippen LogP contribution in [0.5, 0.6) is 0 Å². The predicted octanol–water partition coefficient (Wildman–Crippen LogP) is -0.0239. The van der Waals surface area contributed by atoms with Crippen LogP contribution in [-0.4, -0.2) is 30.0 Å². The minimum atomic E-state index is -1.71. The number of nitrogens with zero attached hydrogens (tertiary/aromatic N) is 1. The number of benzene rings is 1. The van der Waals surface area contributed by atoms with Crippen molar-refractivity contribution in [2.45, 2.75) is 12.8 Å². The highest BCUT2D eigenvalue weighted by molar-refractivity contribution is 5.94. The molecule has 0 spiro atoms. The van der Waals surface area contributed by atoms with Gasteiger partial charge in [-0.1, -0.05) is 30.3 Å². The van der Waals surface area contributed by atoms with E-state index in [4.69, 9.17) is 0 Å². The smallest absolute Gasteiger partial charge is 0.315 e. The highest BCUT2D eigenvalue weighted by Gasteiger charge is 2.35. The molecule has 0 aliphatic rings. The number of carboxylic acid groups (broad SMARTS) is 1. The Morgan fingerprint density at radius 1 is 1.30 bits per heavy atom. The summed E-state index contributed by atoms with van der Waals surface area (Å²) in [6.07, 6.45) is 0. The standard InChI is InChI=1S/C13H15NO6/c1-2-20-13(17)11(12(15)16)10(8-14(18)19)9-6-4-3-5-7-9/h3-7,10-11H,2,8H2,1H3,(H,15,16)/p-1. The summed E-state index contributed by atoms with van der Waals surface area (Å²) in [5.74, 6) is -5.54. The number of carbonyl (C=O) groups is 2. The Kier molecular flexibility index (Phi) is 5.64. The van der Waals surface area contributed by atoms with E-state index in [-0.39, 0.29) is 6.61 Å². The van der Waals surface area contributed by atoms with Crippen LogP contribution in [0.15, 0.2) is 30.3 Å². The molecule has 1 aromatic carbocycles. The number of esters is 1. The molecule has 0 aromatic heterocycles. The second kappa shape index (κ2) is 7.22. The molecule has 0 aliphatic heterocycles. The van der Waals surface area contributed by atoms with Crippen LogP contribution < -0.4 is 5.11 Å². The molecule has 20 heavy (non-hydrogen) atoms. The van der Waals surface area contributed by atoms with E-state index in [0.717, 1.165) is 0 Å². The van der Waals surface area contributed by atoms with Crippen molar-refractivity contribution in [2.75, 3.05) is 13.2 Å². The largest absolute Gasteiger partial charge is 0.549 e. The van der Waals surface area contributed by atoms with Crippen LogP contribution in [0.2, 0.25) is 0 Å². The first-order valence-corrected chi connectivity index (χ1v) is 6.01. The third kappa shape index (κ3) is 4.04. The summed E-state index contributed by atoms with van der Waals surface area (Å²) in [7, 11) is 0. The van der Waals surface area contributed by atoms with Crippen molar-refractivity contribution in [1.29, 1.82) is 0 Å². The topological polar surface area (TPSA) is 110 Å². The molecule has 0 heterocycles. The van der Waals surface area contributed by atoms with Gasteiger partial charge in [-0.15, -0.1) is 0 Å². The number of ether oxygens (including phenoxy) is 1. The zero-order valence-corrected chi connectivity index (χ0v) is 10.9. The maximum atomic E-state index is 11.7. The number of nitro groups is 1. The van der Waals surface area contributed by atoms with Gasteiger partial charge in [0.05, 0.1) is 18.5 Å². The first-order chi connectivity index (χ1) is 9.47. The molecule has 0 saturated carbocycles. The van der Waals surface area contributed by atoms with Crippen LogP contribution in [0, 0.1) is 16.0 Å². The van der Waals surface area contributed by atoms with E-state index in [0.29, 0.717) is 5.56 Å². The van der Waals surface area contributed by atoms with E-state index in [1.807, 2.05) is 0 Å². The third-order valence-electron chi connectivity index (χ3n) is 2.77. The molecule has 0 saturated heterocycles. The molecule has 2 atom stereocenters. The number of hydrogen-bond donors (Lipinski definition) is 0. The molecule has 0 amide bonds. The number of rotatable bonds is 7. The highest BCUT2D eigenvalue weighted by Crippen LogP contribution is 2.26. The zero-order valence-electron chi connectivity index (χ0n) is 10.9. The van der Waals surface area contributed by atoms with Crippen molar-refractivity contribution in [1.82, 2.24) is 0 Å². The van der Waals surface area contributed by atoms with Crippen molar-refractivity contribution in [3.8, 4) is 0 Å². The van der Waals surface area contributed by atoms with Crippen molar-refractivity contribution in [3.05, 3.63) is 46.0 Å². The van der Waals surface area contributed by atoms with Gasteiger partial charge in [0.15, 0.2) is 0 Å². The minimum Gasteiger partial charge on any atom is -0.549 e. The maximum absolute atomic E-state index is 11.7. The minimum absolute atomic E-state index is 0.0113. The lowest BCUT2D eigenvalue weighted by molar-refractivity contribution is -0.484. The lowest BCUT2D eigenvalue weighted by Crippen LogP contribution is -2.42. The first-order valence-electron chi connectivity index (χ1n) is 6.01. The molecule has 108 valence electrons. The van der Waals surface area contributed by atoms with Crippen molar-refractivity contribution < 1.29 is 24.4 Å². The monoisotopic (exact) mass is 280 g/mol. The van der Waals surface area contributed by atoms with Crippen molar-refractivity contribution >= 4 is 11.9 Å². The highest BCUT2D eigenvalue weighted by atomic mass is 16.6. The van der Waals surface area contributed by atoms with Crippen LogP contribution in [-0.2, 0) is 14.3 Å². The van der Waals surface area contributed by atoms with Gasteiger partial charge in [-0.05, 0) is 12.5 Å². The Bertz CT molecular complexity index is 487. The van der Waals surface area contributed by atoms with E-state index in [9.17, 15) is 24.8 Å². The Morgan fingerprint density at radius 2 is 1.90 bits per heavy atom. The molecule has 0 fully saturated rings. The zero-order chi connectivity index (χ0) is 15.1.